The number of nitrogens with zero attached hydrogens (tertiary/aromatic N) is 1. The van der Waals surface area contributed by atoms with E-state index in [1.54, 1.807) is 26.0 Å². The van der Waals surface area contributed by atoms with Gasteiger partial charge in [-0.2, -0.15) is 13.2 Å². The third-order valence-electron chi connectivity index (χ3n) is 3.29. The van der Waals surface area contributed by atoms with Crippen LogP contribution in [0.5, 0.6) is 11.5 Å². The van der Waals surface area contributed by atoms with Crippen molar-refractivity contribution in [3.05, 3.63) is 17.7 Å². The highest BCUT2D eigenvalue weighted by Gasteiger charge is 2.32. The second-order valence-electron chi connectivity index (χ2n) is 5.31. The molecule has 1 heterocycles. The molecular formula is C14H19F3N2O2. The van der Waals surface area contributed by atoms with E-state index in [0.717, 1.165) is 0 Å². The molecule has 0 spiro atoms. The van der Waals surface area contributed by atoms with Crippen LogP contribution in [0.4, 0.5) is 18.9 Å². The number of hydrogen-bond donors (Lipinski definition) is 1. The lowest BCUT2D eigenvalue weighted by molar-refractivity contribution is -0.150. The summed E-state index contributed by atoms with van der Waals surface area (Å²) in [6, 6.07) is 3.02. The zero-order valence-corrected chi connectivity index (χ0v) is 12.0. The summed E-state index contributed by atoms with van der Waals surface area (Å²) < 4.78 is 48.7. The third-order valence-corrected chi connectivity index (χ3v) is 3.29. The second kappa shape index (κ2) is 6.01. The Morgan fingerprint density at radius 3 is 2.29 bits per heavy atom. The molecule has 0 bridgehead atoms. The summed E-state index contributed by atoms with van der Waals surface area (Å²) in [4.78, 5) is 1.32. The second-order valence-corrected chi connectivity index (χ2v) is 5.31. The Morgan fingerprint density at radius 2 is 1.76 bits per heavy atom. The molecule has 0 atom stereocenters. The van der Waals surface area contributed by atoms with Crippen molar-refractivity contribution < 1.29 is 22.6 Å². The highest BCUT2D eigenvalue weighted by Crippen LogP contribution is 2.35. The average Bonchev–Trinajstić information content (AvgIpc) is 2.37. The van der Waals surface area contributed by atoms with Crippen LogP contribution in [-0.4, -0.2) is 36.9 Å². The summed E-state index contributed by atoms with van der Waals surface area (Å²) in [5, 5.41) is 0. The van der Waals surface area contributed by atoms with Crippen LogP contribution >= 0.6 is 0 Å². The van der Waals surface area contributed by atoms with Crippen LogP contribution in [0.2, 0.25) is 0 Å². The molecule has 118 valence electrons. The minimum Gasteiger partial charge on any atom is -0.486 e. The van der Waals surface area contributed by atoms with Crippen LogP contribution in [0.15, 0.2) is 12.1 Å². The predicted molar refractivity (Wildman–Crippen MR) is 73.4 cm³/mol. The Balaban J connectivity index is 2.20. The van der Waals surface area contributed by atoms with Gasteiger partial charge in [-0.15, -0.1) is 0 Å². The minimum absolute atomic E-state index is 0.111. The smallest absolute Gasteiger partial charge is 0.401 e. The standard InChI is InChI=1S/C14H19F3N2O2/c1-9(2)19(8-14(15,16)17)7-10-5-12-13(6-11(10)18)21-4-3-20-12/h5-6,9H,3-4,7-8,18H2,1-2H3. The molecule has 1 aromatic carbocycles. The number of rotatable bonds is 4. The molecule has 0 saturated carbocycles. The Labute approximate surface area is 121 Å². The normalized spacial score (nSPS) is 14.8. The molecule has 1 aromatic rings. The first-order valence-corrected chi connectivity index (χ1v) is 6.75. The van der Waals surface area contributed by atoms with Crippen molar-refractivity contribution in [3.63, 3.8) is 0 Å². The van der Waals surface area contributed by atoms with Crippen LogP contribution in [0.25, 0.3) is 0 Å². The number of anilines is 1. The quantitative estimate of drug-likeness (QED) is 0.869. The molecule has 0 aliphatic carbocycles. The number of hydrogen-bond acceptors (Lipinski definition) is 4. The molecular weight excluding hydrogens is 285 g/mol. The molecule has 21 heavy (non-hydrogen) atoms. The fourth-order valence-corrected chi connectivity index (χ4v) is 2.15. The summed E-state index contributed by atoms with van der Waals surface area (Å²) in [5.41, 5.74) is 6.93. The summed E-state index contributed by atoms with van der Waals surface area (Å²) in [5.74, 6) is 1.07. The van der Waals surface area contributed by atoms with Gasteiger partial charge in [-0.25, -0.2) is 0 Å². The van der Waals surface area contributed by atoms with Crippen molar-refractivity contribution in [3.8, 4) is 11.5 Å². The predicted octanol–water partition coefficient (Wildman–Crippen LogP) is 2.81. The van der Waals surface area contributed by atoms with E-state index in [1.165, 1.54) is 4.90 Å². The molecule has 0 amide bonds. The number of benzene rings is 1. The molecule has 7 heteroatoms. The zero-order valence-electron chi connectivity index (χ0n) is 12.0. The van der Waals surface area contributed by atoms with Gasteiger partial charge < -0.3 is 15.2 Å². The molecule has 2 N–H and O–H groups in total. The van der Waals surface area contributed by atoms with Gasteiger partial charge in [0.1, 0.15) is 13.2 Å². The van der Waals surface area contributed by atoms with E-state index in [2.05, 4.69) is 0 Å². The van der Waals surface area contributed by atoms with Gasteiger partial charge in [0, 0.05) is 24.3 Å². The lowest BCUT2D eigenvalue weighted by atomic mass is 10.1. The molecule has 0 saturated heterocycles. The molecule has 4 nitrogen and oxygen atoms in total. The number of halogens is 3. The van der Waals surface area contributed by atoms with E-state index < -0.39 is 12.7 Å². The maximum Gasteiger partial charge on any atom is 0.401 e. The van der Waals surface area contributed by atoms with Crippen molar-refractivity contribution in [1.82, 2.24) is 4.90 Å². The van der Waals surface area contributed by atoms with E-state index in [9.17, 15) is 13.2 Å². The van der Waals surface area contributed by atoms with E-state index in [-0.39, 0.29) is 12.6 Å². The lowest BCUT2D eigenvalue weighted by Gasteiger charge is -2.28. The first-order chi connectivity index (χ1) is 9.76. The van der Waals surface area contributed by atoms with Gasteiger partial charge in [-0.05, 0) is 25.5 Å². The van der Waals surface area contributed by atoms with Crippen molar-refractivity contribution in [2.45, 2.75) is 32.6 Å². The van der Waals surface area contributed by atoms with Gasteiger partial charge in [0.2, 0.25) is 0 Å². The molecule has 0 fully saturated rings. The molecule has 1 aliphatic rings. The third kappa shape index (κ3) is 4.17. The van der Waals surface area contributed by atoms with Gasteiger partial charge in [0.25, 0.3) is 0 Å². The Morgan fingerprint density at radius 1 is 1.19 bits per heavy atom. The Hall–Kier alpha value is -1.63. The van der Waals surface area contributed by atoms with Gasteiger partial charge in [-0.3, -0.25) is 4.90 Å². The average molecular weight is 304 g/mol. The van der Waals surface area contributed by atoms with E-state index in [4.69, 9.17) is 15.2 Å². The Kier molecular flexibility index (Phi) is 4.51. The molecule has 0 radical (unpaired) electrons. The fourth-order valence-electron chi connectivity index (χ4n) is 2.15. The van der Waals surface area contributed by atoms with Crippen LogP contribution in [-0.2, 0) is 6.54 Å². The van der Waals surface area contributed by atoms with Gasteiger partial charge in [0.05, 0.1) is 6.54 Å². The highest BCUT2D eigenvalue weighted by molar-refractivity contribution is 5.58. The summed E-state index contributed by atoms with van der Waals surface area (Å²) in [6.45, 7) is 3.45. The SMILES string of the molecule is CC(C)N(Cc1cc2c(cc1N)OCCO2)CC(F)(F)F. The number of alkyl halides is 3. The maximum absolute atomic E-state index is 12.6. The van der Waals surface area contributed by atoms with Crippen molar-refractivity contribution in [2.24, 2.45) is 0 Å². The number of nitrogen functional groups attached to an aromatic ring is 1. The van der Waals surface area contributed by atoms with Gasteiger partial charge >= 0.3 is 6.18 Å². The molecule has 2 rings (SSSR count). The molecule has 0 unspecified atom stereocenters. The first kappa shape index (κ1) is 15.8. The monoisotopic (exact) mass is 304 g/mol. The lowest BCUT2D eigenvalue weighted by Crippen LogP contribution is -2.38. The maximum atomic E-state index is 12.6. The number of ether oxygens (including phenoxy) is 2. The van der Waals surface area contributed by atoms with Crippen molar-refractivity contribution >= 4 is 5.69 Å². The number of nitrogens with two attached hydrogens (primary N) is 1. The van der Waals surface area contributed by atoms with Gasteiger partial charge in [0.15, 0.2) is 11.5 Å². The van der Waals surface area contributed by atoms with Crippen LogP contribution in [0, 0.1) is 0 Å². The van der Waals surface area contributed by atoms with Crippen LogP contribution in [0.3, 0.4) is 0 Å². The van der Waals surface area contributed by atoms with E-state index in [1.807, 2.05) is 0 Å². The summed E-state index contributed by atoms with van der Waals surface area (Å²) in [7, 11) is 0. The van der Waals surface area contributed by atoms with Crippen LogP contribution in [0.1, 0.15) is 19.4 Å². The molecule has 0 aromatic heterocycles. The zero-order chi connectivity index (χ0) is 15.6. The topological polar surface area (TPSA) is 47.7 Å². The van der Waals surface area contributed by atoms with Crippen molar-refractivity contribution in [2.75, 3.05) is 25.5 Å². The first-order valence-electron chi connectivity index (χ1n) is 6.75. The van der Waals surface area contributed by atoms with E-state index >= 15 is 0 Å². The summed E-state index contributed by atoms with van der Waals surface area (Å²) >= 11 is 0. The fraction of sp³-hybridized carbons (Fsp3) is 0.571. The largest absolute Gasteiger partial charge is 0.486 e. The minimum atomic E-state index is -4.24. The Bertz CT molecular complexity index is 504. The summed E-state index contributed by atoms with van der Waals surface area (Å²) in [6.07, 6.45) is -4.24. The molecule has 1 aliphatic heterocycles. The van der Waals surface area contributed by atoms with Crippen molar-refractivity contribution in [1.29, 1.82) is 0 Å². The van der Waals surface area contributed by atoms with Crippen LogP contribution < -0.4 is 15.2 Å². The number of fused-ring (bicyclic) bond motifs is 1. The highest BCUT2D eigenvalue weighted by atomic mass is 19.4. The van der Waals surface area contributed by atoms with Gasteiger partial charge in [-0.1, -0.05) is 0 Å². The van der Waals surface area contributed by atoms with E-state index in [0.29, 0.717) is 36.0 Å².